The molecule has 3 saturated heterocycles. The van der Waals surface area contributed by atoms with Gasteiger partial charge in [0, 0.05) is 17.6 Å². The number of nitrogens with zero attached hydrogens (tertiary/aromatic N) is 2. The second kappa shape index (κ2) is 8.63. The first-order valence-electron chi connectivity index (χ1n) is 10.4. The Hall–Kier alpha value is -2.47. The highest BCUT2D eigenvalue weighted by Gasteiger charge is 2.62. The first-order valence-corrected chi connectivity index (χ1v) is 12.2. The van der Waals surface area contributed by atoms with Crippen LogP contribution in [0.3, 0.4) is 0 Å². The number of nitrogens with two attached hydrogens (primary N) is 1. The van der Waals surface area contributed by atoms with Gasteiger partial charge in [-0.25, -0.2) is 14.2 Å². The predicted octanol–water partition coefficient (Wildman–Crippen LogP) is 2.97. The van der Waals surface area contributed by atoms with E-state index < -0.39 is 49.8 Å². The zero-order chi connectivity index (χ0) is 24.1. The maximum atomic E-state index is 13.2. The molecule has 14 heteroatoms. The zero-order valence-corrected chi connectivity index (χ0v) is 19.5. The van der Waals surface area contributed by atoms with Gasteiger partial charge >= 0.3 is 19.7 Å². The quantitative estimate of drug-likeness (QED) is 0.464. The molecule has 5 rings (SSSR count). The molecule has 0 spiro atoms. The number of rotatable bonds is 5. The smallest absolute Gasteiger partial charge is 0.424 e. The van der Waals surface area contributed by atoms with Crippen LogP contribution in [0, 0.1) is 0 Å². The molecule has 2 N–H and O–H groups in total. The minimum absolute atomic E-state index is 0.0282. The third kappa shape index (κ3) is 4.33. The highest BCUT2D eigenvalue weighted by atomic mass is 35.5. The molecule has 0 saturated carbocycles. The predicted molar refractivity (Wildman–Crippen MR) is 116 cm³/mol. The molecule has 1 aromatic heterocycles. The first kappa shape index (κ1) is 23.3. The lowest BCUT2D eigenvalue weighted by atomic mass is 9.99. The number of carbonyl (C=O) groups excluding carboxylic acids is 1. The lowest BCUT2D eigenvalue weighted by Crippen LogP contribution is -2.43. The van der Waals surface area contributed by atoms with Crippen LogP contribution < -0.4 is 11.4 Å². The molecule has 3 aliphatic rings. The summed E-state index contributed by atoms with van der Waals surface area (Å²) in [6, 6.07) is 8.40. The van der Waals surface area contributed by atoms with Crippen LogP contribution in [0.25, 0.3) is 0 Å². The Morgan fingerprint density at radius 2 is 2.15 bits per heavy atom. The molecule has 0 bridgehead atoms. The SMILES string of the molecule is C[C@]1(COP2(=O)OCC[C@@H](c3cccc(Cl)c3)O2)O[C@@H](n2ccc(N)nc2=O)[C@@H]2OC(=O)O[C@@H]21. The number of anilines is 1. The molecule has 0 amide bonds. The van der Waals surface area contributed by atoms with Crippen LogP contribution in [0.4, 0.5) is 10.6 Å². The van der Waals surface area contributed by atoms with Crippen molar-refractivity contribution < 1.29 is 37.1 Å². The third-order valence-electron chi connectivity index (χ3n) is 5.77. The molecule has 182 valence electrons. The molecule has 1 aromatic carbocycles. The normalized spacial score (nSPS) is 34.9. The van der Waals surface area contributed by atoms with E-state index in [1.807, 2.05) is 0 Å². The number of fused-ring (bicyclic) bond motifs is 1. The Morgan fingerprint density at radius 3 is 2.91 bits per heavy atom. The van der Waals surface area contributed by atoms with Gasteiger partial charge in [-0.1, -0.05) is 23.7 Å². The van der Waals surface area contributed by atoms with Crippen molar-refractivity contribution in [3.05, 3.63) is 57.6 Å². The molecule has 0 radical (unpaired) electrons. The fourth-order valence-corrected chi connectivity index (χ4v) is 5.81. The van der Waals surface area contributed by atoms with Crippen molar-refractivity contribution in [3.8, 4) is 0 Å². The number of halogens is 1. The summed E-state index contributed by atoms with van der Waals surface area (Å²) in [5, 5.41) is 0.516. The summed E-state index contributed by atoms with van der Waals surface area (Å²) in [6.45, 7) is 1.36. The van der Waals surface area contributed by atoms with E-state index in [2.05, 4.69) is 4.98 Å². The Labute approximate surface area is 198 Å². The maximum absolute atomic E-state index is 13.2. The molecular weight excluding hydrogens is 493 g/mol. The van der Waals surface area contributed by atoms with Gasteiger partial charge in [0.15, 0.2) is 18.4 Å². The largest absolute Gasteiger partial charge is 0.509 e. The number of nitrogen functional groups attached to an aromatic ring is 1. The van der Waals surface area contributed by atoms with Gasteiger partial charge in [0.1, 0.15) is 11.4 Å². The second-order valence-corrected chi connectivity index (χ2v) is 10.3. The van der Waals surface area contributed by atoms with E-state index in [-0.39, 0.29) is 19.0 Å². The minimum Gasteiger partial charge on any atom is -0.424 e. The van der Waals surface area contributed by atoms with Crippen molar-refractivity contribution in [2.24, 2.45) is 0 Å². The van der Waals surface area contributed by atoms with Crippen LogP contribution in [0.2, 0.25) is 5.02 Å². The lowest BCUT2D eigenvalue weighted by molar-refractivity contribution is -0.131. The Kier molecular flexibility index (Phi) is 5.91. The van der Waals surface area contributed by atoms with Gasteiger partial charge in [0.2, 0.25) is 0 Å². The Morgan fingerprint density at radius 1 is 1.32 bits per heavy atom. The molecule has 4 heterocycles. The first-order chi connectivity index (χ1) is 16.2. The van der Waals surface area contributed by atoms with Crippen molar-refractivity contribution in [1.29, 1.82) is 0 Å². The summed E-state index contributed by atoms with van der Waals surface area (Å²) < 4.78 is 47.5. The van der Waals surface area contributed by atoms with Crippen LogP contribution in [0.15, 0.2) is 41.3 Å². The monoisotopic (exact) mass is 513 g/mol. The van der Waals surface area contributed by atoms with Crippen molar-refractivity contribution in [2.75, 3.05) is 18.9 Å². The zero-order valence-electron chi connectivity index (χ0n) is 17.9. The third-order valence-corrected chi connectivity index (χ3v) is 7.46. The molecule has 3 aliphatic heterocycles. The fraction of sp³-hybridized carbons (Fsp3) is 0.450. The van der Waals surface area contributed by atoms with E-state index in [0.29, 0.717) is 11.4 Å². The van der Waals surface area contributed by atoms with Crippen LogP contribution in [-0.2, 0) is 32.3 Å². The second-order valence-electron chi connectivity index (χ2n) is 8.23. The standard InChI is InChI=1S/C20H21ClN3O9P/c1-20(10-29-34(27)28-8-6-13(33-34)11-3-2-4-12(21)9-11)16-15(30-19(26)31-16)17(32-20)24-7-5-14(22)23-18(24)25/h2-5,7,9,13,15-17H,6,8,10H2,1H3,(H2,22,23,25)/t13-,15+,16-,17+,20+,34?/m0/s1. The molecule has 1 unspecified atom stereocenters. The Bertz CT molecular complexity index is 1230. The van der Waals surface area contributed by atoms with Gasteiger partial charge in [-0.05, 0) is 30.7 Å². The van der Waals surface area contributed by atoms with E-state index in [0.717, 1.165) is 10.1 Å². The van der Waals surface area contributed by atoms with Gasteiger partial charge in [-0.2, -0.15) is 4.98 Å². The maximum Gasteiger partial charge on any atom is 0.509 e. The van der Waals surface area contributed by atoms with Gasteiger partial charge in [0.25, 0.3) is 0 Å². The number of benzene rings is 1. The summed E-state index contributed by atoms with van der Waals surface area (Å²) in [5.74, 6) is 0.0282. The highest BCUT2D eigenvalue weighted by Crippen LogP contribution is 2.58. The number of carbonyl (C=O) groups is 1. The highest BCUT2D eigenvalue weighted by molar-refractivity contribution is 7.48. The fourth-order valence-electron chi connectivity index (χ4n) is 4.13. The molecule has 6 atom stereocenters. The van der Waals surface area contributed by atoms with E-state index in [1.54, 1.807) is 31.2 Å². The lowest BCUT2D eigenvalue weighted by Gasteiger charge is -2.32. The molecule has 12 nitrogen and oxygen atoms in total. The number of hydrogen-bond acceptors (Lipinski definition) is 11. The van der Waals surface area contributed by atoms with E-state index >= 15 is 0 Å². The number of aromatic nitrogens is 2. The Balaban J connectivity index is 1.34. The van der Waals surface area contributed by atoms with E-state index in [4.69, 9.17) is 45.1 Å². The van der Waals surface area contributed by atoms with Gasteiger partial charge in [-0.3, -0.25) is 18.1 Å². The molecule has 3 fully saturated rings. The van der Waals surface area contributed by atoms with Crippen molar-refractivity contribution in [1.82, 2.24) is 9.55 Å². The number of phosphoric acid groups is 1. The average Bonchev–Trinajstić information content (AvgIpc) is 3.30. The van der Waals surface area contributed by atoms with E-state index in [9.17, 15) is 14.2 Å². The van der Waals surface area contributed by atoms with Crippen molar-refractivity contribution >= 4 is 31.4 Å². The van der Waals surface area contributed by atoms with Crippen LogP contribution in [-0.4, -0.2) is 46.7 Å². The van der Waals surface area contributed by atoms with Crippen LogP contribution >= 0.6 is 19.4 Å². The van der Waals surface area contributed by atoms with Crippen LogP contribution in [0.5, 0.6) is 0 Å². The summed E-state index contributed by atoms with van der Waals surface area (Å²) in [7, 11) is -4.01. The number of phosphoric ester groups is 1. The summed E-state index contributed by atoms with van der Waals surface area (Å²) in [6.07, 6.45) is -2.67. The molecule has 0 aliphatic carbocycles. The molecule has 2 aromatic rings. The number of ether oxygens (including phenoxy) is 3. The van der Waals surface area contributed by atoms with E-state index in [1.165, 1.54) is 12.3 Å². The van der Waals surface area contributed by atoms with Crippen molar-refractivity contribution in [3.63, 3.8) is 0 Å². The molecule has 34 heavy (non-hydrogen) atoms. The topological polar surface area (TPSA) is 150 Å². The summed E-state index contributed by atoms with van der Waals surface area (Å²) >= 11 is 6.06. The molecular formula is C20H21ClN3O9P. The minimum atomic E-state index is -4.01. The van der Waals surface area contributed by atoms with Crippen LogP contribution in [0.1, 0.15) is 31.2 Å². The van der Waals surface area contributed by atoms with Gasteiger partial charge in [0.05, 0.1) is 19.3 Å². The van der Waals surface area contributed by atoms with Crippen molar-refractivity contribution in [2.45, 2.75) is 43.5 Å². The van der Waals surface area contributed by atoms with Gasteiger partial charge < -0.3 is 19.9 Å². The summed E-state index contributed by atoms with van der Waals surface area (Å²) in [4.78, 5) is 27.9. The van der Waals surface area contributed by atoms with Gasteiger partial charge in [-0.15, -0.1) is 0 Å². The number of hydrogen-bond donors (Lipinski definition) is 1. The summed E-state index contributed by atoms with van der Waals surface area (Å²) in [5.41, 5.74) is 4.23. The average molecular weight is 514 g/mol.